The second-order valence-corrected chi connectivity index (χ2v) is 18.1. The van der Waals surface area contributed by atoms with Gasteiger partial charge in [0.25, 0.3) is 0 Å². The molecule has 69 heavy (non-hydrogen) atoms. The minimum Gasteiger partial charge on any atom is -0.462 e. The standard InChI is InChI=1S/C63H102O6/c1-4-7-10-13-16-19-22-25-28-31-32-33-36-38-41-44-47-50-53-56-62(65)68-59-60(69-63(66)57-54-51-48-45-42-39-35-30-27-24-21-18-15-12-9-6-3)58-67-61(64)55-52-49-46-43-40-37-34-29-26-23-20-17-14-11-8-5-2/h7,9-10,12,16,18-19,21,25,27-30,32-34,38,41,47,50,60H,4-6,8,11,13-15,17,20,22-24,26,31,35-37,39-40,42-46,48-49,51-59H2,1-3H3/b10-7-,12-9-,19-16-,21-18-,28-25-,30-27-,33-32-,34-29-,41-38-,50-47-. The number of carbonyl (C=O) groups is 3. The topological polar surface area (TPSA) is 78.9 Å². The second-order valence-electron chi connectivity index (χ2n) is 18.1. The van der Waals surface area contributed by atoms with Crippen LogP contribution in [0.15, 0.2) is 122 Å². The molecule has 0 fully saturated rings. The third-order valence-electron chi connectivity index (χ3n) is 11.4. The zero-order valence-corrected chi connectivity index (χ0v) is 44.5. The number of carbonyl (C=O) groups excluding carboxylic acids is 3. The summed E-state index contributed by atoms with van der Waals surface area (Å²) in [6, 6.07) is 0. The summed E-state index contributed by atoms with van der Waals surface area (Å²) in [5, 5.41) is 0. The van der Waals surface area contributed by atoms with Crippen molar-refractivity contribution in [2.75, 3.05) is 13.2 Å². The number of hydrogen-bond acceptors (Lipinski definition) is 6. The molecule has 0 radical (unpaired) electrons. The van der Waals surface area contributed by atoms with Gasteiger partial charge in [-0.25, -0.2) is 0 Å². The van der Waals surface area contributed by atoms with Crippen LogP contribution in [-0.2, 0) is 28.6 Å². The monoisotopic (exact) mass is 955 g/mol. The number of rotatable bonds is 49. The fourth-order valence-corrected chi connectivity index (χ4v) is 7.30. The van der Waals surface area contributed by atoms with Crippen molar-refractivity contribution in [1.29, 1.82) is 0 Å². The molecular formula is C63H102O6. The van der Waals surface area contributed by atoms with Gasteiger partial charge < -0.3 is 14.2 Å². The van der Waals surface area contributed by atoms with Gasteiger partial charge in [0.15, 0.2) is 6.10 Å². The van der Waals surface area contributed by atoms with Gasteiger partial charge in [0.2, 0.25) is 0 Å². The molecule has 0 amide bonds. The van der Waals surface area contributed by atoms with E-state index in [0.717, 1.165) is 122 Å². The Morgan fingerprint density at radius 3 is 0.986 bits per heavy atom. The van der Waals surface area contributed by atoms with E-state index < -0.39 is 6.10 Å². The molecule has 1 unspecified atom stereocenters. The Kier molecular flexibility index (Phi) is 53.0. The molecule has 0 aromatic carbocycles. The first kappa shape index (κ1) is 64.8. The maximum atomic E-state index is 12.8. The van der Waals surface area contributed by atoms with Gasteiger partial charge in [0.05, 0.1) is 0 Å². The molecule has 390 valence electrons. The SMILES string of the molecule is CC/C=C\C/C=C\C/C=C\C/C=C\C/C=C\C/C=C\CCC(=O)OCC(COC(=O)CCCCCCC/C=C\CCCCCCCCC)OC(=O)CCCCCCCC/C=C\C/C=C\C/C=C\CC. The van der Waals surface area contributed by atoms with Crippen molar-refractivity contribution in [3.63, 3.8) is 0 Å². The van der Waals surface area contributed by atoms with E-state index >= 15 is 0 Å². The van der Waals surface area contributed by atoms with E-state index in [4.69, 9.17) is 14.2 Å². The molecule has 0 spiro atoms. The molecule has 0 aliphatic carbocycles. The zero-order chi connectivity index (χ0) is 50.0. The maximum Gasteiger partial charge on any atom is 0.306 e. The number of unbranched alkanes of at least 4 members (excludes halogenated alkanes) is 18. The number of allylic oxidation sites excluding steroid dienone is 20. The van der Waals surface area contributed by atoms with E-state index in [9.17, 15) is 14.4 Å². The van der Waals surface area contributed by atoms with Crippen molar-refractivity contribution < 1.29 is 28.6 Å². The molecule has 0 saturated heterocycles. The van der Waals surface area contributed by atoms with Crippen molar-refractivity contribution in [2.45, 2.75) is 245 Å². The molecule has 0 aromatic heterocycles. The Morgan fingerprint density at radius 1 is 0.304 bits per heavy atom. The highest BCUT2D eigenvalue weighted by Crippen LogP contribution is 2.13. The first-order valence-corrected chi connectivity index (χ1v) is 28.0. The predicted octanol–water partition coefficient (Wildman–Crippen LogP) is 18.9. The summed E-state index contributed by atoms with van der Waals surface area (Å²) in [6.07, 6.45) is 77.7. The lowest BCUT2D eigenvalue weighted by Gasteiger charge is -2.18. The van der Waals surface area contributed by atoms with Crippen LogP contribution in [0.5, 0.6) is 0 Å². The van der Waals surface area contributed by atoms with Crippen LogP contribution in [0.1, 0.15) is 239 Å². The van der Waals surface area contributed by atoms with Gasteiger partial charge in [0, 0.05) is 19.3 Å². The Hall–Kier alpha value is -4.19. The van der Waals surface area contributed by atoms with E-state index in [0.29, 0.717) is 19.3 Å². The molecule has 0 rings (SSSR count). The highest BCUT2D eigenvalue weighted by molar-refractivity contribution is 5.71. The molecule has 0 saturated carbocycles. The first-order valence-electron chi connectivity index (χ1n) is 28.0. The van der Waals surface area contributed by atoms with Crippen LogP contribution in [0.4, 0.5) is 0 Å². The molecule has 0 aromatic rings. The van der Waals surface area contributed by atoms with Crippen molar-refractivity contribution in [2.24, 2.45) is 0 Å². The van der Waals surface area contributed by atoms with Crippen LogP contribution in [0, 0.1) is 0 Å². The third kappa shape index (κ3) is 54.6. The second kappa shape index (κ2) is 56.4. The average Bonchev–Trinajstić information content (AvgIpc) is 3.35. The van der Waals surface area contributed by atoms with Gasteiger partial charge in [0.1, 0.15) is 13.2 Å². The van der Waals surface area contributed by atoms with Crippen molar-refractivity contribution in [3.05, 3.63) is 122 Å². The molecule has 0 aliphatic heterocycles. The zero-order valence-electron chi connectivity index (χ0n) is 44.5. The smallest absolute Gasteiger partial charge is 0.306 e. The predicted molar refractivity (Wildman–Crippen MR) is 297 cm³/mol. The van der Waals surface area contributed by atoms with E-state index in [1.54, 1.807) is 0 Å². The van der Waals surface area contributed by atoms with E-state index in [1.165, 1.54) is 70.6 Å². The van der Waals surface area contributed by atoms with Gasteiger partial charge in [-0.15, -0.1) is 0 Å². The van der Waals surface area contributed by atoms with Crippen LogP contribution >= 0.6 is 0 Å². The highest BCUT2D eigenvalue weighted by atomic mass is 16.6. The third-order valence-corrected chi connectivity index (χ3v) is 11.4. The van der Waals surface area contributed by atoms with Crippen LogP contribution in [0.2, 0.25) is 0 Å². The van der Waals surface area contributed by atoms with Gasteiger partial charge in [-0.2, -0.15) is 0 Å². The van der Waals surface area contributed by atoms with E-state index in [-0.39, 0.29) is 37.5 Å². The van der Waals surface area contributed by atoms with E-state index in [1.807, 2.05) is 6.08 Å². The lowest BCUT2D eigenvalue weighted by Crippen LogP contribution is -2.30. The summed E-state index contributed by atoms with van der Waals surface area (Å²) >= 11 is 0. The Bertz CT molecular complexity index is 1470. The Balaban J connectivity index is 4.55. The molecular weight excluding hydrogens is 853 g/mol. The van der Waals surface area contributed by atoms with Crippen LogP contribution in [0.25, 0.3) is 0 Å². The van der Waals surface area contributed by atoms with Gasteiger partial charge in [-0.05, 0) is 116 Å². The first-order chi connectivity index (χ1) is 34.0. The Labute approximate surface area is 424 Å². The van der Waals surface area contributed by atoms with Crippen molar-refractivity contribution in [3.8, 4) is 0 Å². The summed E-state index contributed by atoms with van der Waals surface area (Å²) in [4.78, 5) is 38.1. The van der Waals surface area contributed by atoms with Crippen LogP contribution < -0.4 is 0 Å². The summed E-state index contributed by atoms with van der Waals surface area (Å²) in [5.41, 5.74) is 0. The molecule has 0 bridgehead atoms. The van der Waals surface area contributed by atoms with Crippen molar-refractivity contribution >= 4 is 17.9 Å². The molecule has 6 heteroatoms. The largest absolute Gasteiger partial charge is 0.462 e. The minimum absolute atomic E-state index is 0.114. The normalized spacial score (nSPS) is 13.0. The van der Waals surface area contributed by atoms with Gasteiger partial charge in [-0.3, -0.25) is 14.4 Å². The number of hydrogen-bond donors (Lipinski definition) is 0. The molecule has 0 aliphatic rings. The Morgan fingerprint density at radius 2 is 0.594 bits per heavy atom. The maximum absolute atomic E-state index is 12.8. The van der Waals surface area contributed by atoms with Gasteiger partial charge >= 0.3 is 17.9 Å². The molecule has 0 N–H and O–H groups in total. The lowest BCUT2D eigenvalue weighted by molar-refractivity contribution is -0.166. The van der Waals surface area contributed by atoms with Crippen molar-refractivity contribution in [1.82, 2.24) is 0 Å². The summed E-state index contributed by atoms with van der Waals surface area (Å²) in [7, 11) is 0. The molecule has 6 nitrogen and oxygen atoms in total. The quantitative estimate of drug-likeness (QED) is 0.0262. The molecule has 0 heterocycles. The average molecular weight is 956 g/mol. The minimum atomic E-state index is -0.823. The summed E-state index contributed by atoms with van der Waals surface area (Å²) in [5.74, 6) is -1.03. The fraction of sp³-hybridized carbons (Fsp3) is 0.635. The van der Waals surface area contributed by atoms with E-state index in [2.05, 4.69) is 136 Å². The summed E-state index contributed by atoms with van der Waals surface area (Å²) < 4.78 is 16.8. The number of ether oxygens (including phenoxy) is 3. The van der Waals surface area contributed by atoms with Crippen LogP contribution in [0.3, 0.4) is 0 Å². The van der Waals surface area contributed by atoms with Gasteiger partial charge in [-0.1, -0.05) is 226 Å². The molecule has 1 atom stereocenters. The fourth-order valence-electron chi connectivity index (χ4n) is 7.30. The lowest BCUT2D eigenvalue weighted by atomic mass is 10.1. The van der Waals surface area contributed by atoms with Crippen LogP contribution in [-0.4, -0.2) is 37.2 Å². The number of esters is 3. The summed E-state index contributed by atoms with van der Waals surface area (Å²) in [6.45, 7) is 6.32. The highest BCUT2D eigenvalue weighted by Gasteiger charge is 2.19.